The van der Waals surface area contributed by atoms with E-state index in [1.54, 1.807) is 0 Å². The molecule has 2 aromatic carbocycles. The van der Waals surface area contributed by atoms with Crippen LogP contribution in [0.25, 0.3) is 0 Å². The Balaban J connectivity index is 2.10. The number of nitrogens with one attached hydrogen (secondary N) is 1. The van der Waals surface area contributed by atoms with Crippen molar-refractivity contribution >= 4 is 11.6 Å². The van der Waals surface area contributed by atoms with E-state index in [9.17, 15) is 0 Å². The second kappa shape index (κ2) is 7.20. The fraction of sp³-hybridized carbons (Fsp3) is 0.250. The molecule has 0 saturated heterocycles. The second-order valence-corrected chi connectivity index (χ2v) is 4.67. The van der Waals surface area contributed by atoms with Gasteiger partial charge in [-0.2, -0.15) is 0 Å². The molecule has 18 heavy (non-hydrogen) atoms. The Labute approximate surface area is 114 Å². The molecule has 0 amide bonds. The molecule has 2 rings (SSSR count). The van der Waals surface area contributed by atoms with E-state index in [1.807, 2.05) is 12.1 Å². The van der Waals surface area contributed by atoms with Crippen molar-refractivity contribution in [1.82, 2.24) is 5.32 Å². The van der Waals surface area contributed by atoms with E-state index in [2.05, 4.69) is 53.8 Å². The molecule has 0 bridgehead atoms. The minimum absolute atomic E-state index is 0.326. The van der Waals surface area contributed by atoms with E-state index in [1.165, 1.54) is 11.1 Å². The van der Waals surface area contributed by atoms with Gasteiger partial charge >= 0.3 is 0 Å². The maximum absolute atomic E-state index is 5.77. The van der Waals surface area contributed by atoms with Gasteiger partial charge in [0.05, 0.1) is 0 Å². The second-order valence-electron chi connectivity index (χ2n) is 4.30. The molecule has 1 N–H and O–H groups in total. The van der Waals surface area contributed by atoms with Gasteiger partial charge in [0.2, 0.25) is 0 Å². The molecule has 0 saturated carbocycles. The summed E-state index contributed by atoms with van der Waals surface area (Å²) in [6.45, 7) is 0.827. The SMILES string of the molecule is ClCCN[C@H](Cc1ccccc1)c1ccccc1. The number of rotatable bonds is 6. The molecule has 0 heterocycles. The molecule has 0 radical (unpaired) electrons. The van der Waals surface area contributed by atoms with Crippen molar-refractivity contribution in [3.63, 3.8) is 0 Å². The van der Waals surface area contributed by atoms with Gasteiger partial charge in [-0.05, 0) is 17.5 Å². The third-order valence-corrected chi connectivity index (χ3v) is 3.16. The van der Waals surface area contributed by atoms with Crippen LogP contribution in [0.2, 0.25) is 0 Å². The average Bonchev–Trinajstić information content (AvgIpc) is 2.45. The van der Waals surface area contributed by atoms with Crippen molar-refractivity contribution < 1.29 is 0 Å². The van der Waals surface area contributed by atoms with Crippen LogP contribution in [0.3, 0.4) is 0 Å². The quantitative estimate of drug-likeness (QED) is 0.778. The van der Waals surface area contributed by atoms with E-state index >= 15 is 0 Å². The first kappa shape index (κ1) is 13.1. The van der Waals surface area contributed by atoms with E-state index < -0.39 is 0 Å². The normalized spacial score (nSPS) is 12.3. The van der Waals surface area contributed by atoms with Gasteiger partial charge in [0.1, 0.15) is 0 Å². The summed E-state index contributed by atoms with van der Waals surface area (Å²) in [6, 6.07) is 21.4. The summed E-state index contributed by atoms with van der Waals surface area (Å²) in [6.07, 6.45) is 0.988. The number of benzene rings is 2. The summed E-state index contributed by atoms with van der Waals surface area (Å²) >= 11 is 5.77. The van der Waals surface area contributed by atoms with Crippen molar-refractivity contribution in [2.45, 2.75) is 12.5 Å². The van der Waals surface area contributed by atoms with Gasteiger partial charge in [-0.1, -0.05) is 60.7 Å². The first-order valence-corrected chi connectivity index (χ1v) is 6.82. The Morgan fingerprint density at radius 3 is 2.11 bits per heavy atom. The van der Waals surface area contributed by atoms with Gasteiger partial charge in [-0.3, -0.25) is 0 Å². The lowest BCUT2D eigenvalue weighted by Crippen LogP contribution is -2.25. The van der Waals surface area contributed by atoms with Crippen LogP contribution < -0.4 is 5.32 Å². The average molecular weight is 260 g/mol. The maximum atomic E-state index is 5.77. The highest BCUT2D eigenvalue weighted by atomic mass is 35.5. The minimum atomic E-state index is 0.326. The van der Waals surface area contributed by atoms with Crippen LogP contribution in [0, 0.1) is 0 Å². The van der Waals surface area contributed by atoms with Gasteiger partial charge in [0.25, 0.3) is 0 Å². The fourth-order valence-corrected chi connectivity index (χ4v) is 2.18. The van der Waals surface area contributed by atoms with Crippen LogP contribution in [0.1, 0.15) is 17.2 Å². The van der Waals surface area contributed by atoms with Gasteiger partial charge in [0, 0.05) is 18.5 Å². The number of hydrogen-bond donors (Lipinski definition) is 1. The first-order chi connectivity index (χ1) is 8.90. The molecule has 1 nitrogen and oxygen atoms in total. The summed E-state index contributed by atoms with van der Waals surface area (Å²) in [7, 11) is 0. The van der Waals surface area contributed by atoms with E-state index in [-0.39, 0.29) is 0 Å². The van der Waals surface area contributed by atoms with Gasteiger partial charge in [0.15, 0.2) is 0 Å². The summed E-state index contributed by atoms with van der Waals surface area (Å²) in [5.41, 5.74) is 2.65. The lowest BCUT2D eigenvalue weighted by atomic mass is 9.99. The van der Waals surface area contributed by atoms with Crippen molar-refractivity contribution in [3.05, 3.63) is 71.8 Å². The molecular formula is C16H18ClN. The number of hydrogen-bond acceptors (Lipinski definition) is 1. The van der Waals surface area contributed by atoms with Crippen molar-refractivity contribution in [1.29, 1.82) is 0 Å². The van der Waals surface area contributed by atoms with Gasteiger partial charge in [-0.25, -0.2) is 0 Å². The minimum Gasteiger partial charge on any atom is -0.308 e. The zero-order valence-corrected chi connectivity index (χ0v) is 11.1. The highest BCUT2D eigenvalue weighted by Gasteiger charge is 2.10. The lowest BCUT2D eigenvalue weighted by molar-refractivity contribution is 0.551. The molecule has 2 aromatic rings. The van der Waals surface area contributed by atoms with Crippen LogP contribution in [0.5, 0.6) is 0 Å². The standard InChI is InChI=1S/C16H18ClN/c17-11-12-18-16(15-9-5-2-6-10-15)13-14-7-3-1-4-8-14/h1-10,16,18H,11-13H2/t16-/m1/s1. The molecule has 2 heteroatoms. The van der Waals surface area contributed by atoms with Crippen molar-refractivity contribution in [3.8, 4) is 0 Å². The Hall–Kier alpha value is -1.31. The van der Waals surface area contributed by atoms with E-state index in [0.717, 1.165) is 13.0 Å². The molecule has 0 aliphatic rings. The van der Waals surface area contributed by atoms with Gasteiger partial charge < -0.3 is 5.32 Å². The third kappa shape index (κ3) is 3.86. The summed E-state index contributed by atoms with van der Waals surface area (Å²) in [5.74, 6) is 0.637. The molecule has 94 valence electrons. The summed E-state index contributed by atoms with van der Waals surface area (Å²) in [4.78, 5) is 0. The van der Waals surface area contributed by atoms with Crippen LogP contribution in [-0.2, 0) is 6.42 Å². The topological polar surface area (TPSA) is 12.0 Å². The van der Waals surface area contributed by atoms with E-state index in [0.29, 0.717) is 11.9 Å². The Kier molecular flexibility index (Phi) is 5.25. The van der Waals surface area contributed by atoms with Crippen molar-refractivity contribution in [2.24, 2.45) is 0 Å². The summed E-state index contributed by atoms with van der Waals surface area (Å²) < 4.78 is 0. The Morgan fingerprint density at radius 2 is 1.50 bits per heavy atom. The molecule has 0 aromatic heterocycles. The molecule has 0 aliphatic carbocycles. The number of halogens is 1. The first-order valence-electron chi connectivity index (χ1n) is 6.28. The third-order valence-electron chi connectivity index (χ3n) is 2.97. The molecule has 0 spiro atoms. The molecule has 0 unspecified atom stereocenters. The smallest absolute Gasteiger partial charge is 0.0361 e. The predicted octanol–water partition coefficient (Wildman–Crippen LogP) is 3.80. The van der Waals surface area contributed by atoms with Crippen LogP contribution >= 0.6 is 11.6 Å². The Bertz CT molecular complexity index is 441. The van der Waals surface area contributed by atoms with Crippen molar-refractivity contribution in [2.75, 3.05) is 12.4 Å². The monoisotopic (exact) mass is 259 g/mol. The number of alkyl halides is 1. The summed E-state index contributed by atoms with van der Waals surface area (Å²) in [5, 5.41) is 3.50. The van der Waals surface area contributed by atoms with Crippen LogP contribution in [0.4, 0.5) is 0 Å². The van der Waals surface area contributed by atoms with Crippen LogP contribution in [-0.4, -0.2) is 12.4 Å². The zero-order valence-electron chi connectivity index (χ0n) is 10.4. The highest BCUT2D eigenvalue weighted by molar-refractivity contribution is 6.18. The lowest BCUT2D eigenvalue weighted by Gasteiger charge is -2.19. The highest BCUT2D eigenvalue weighted by Crippen LogP contribution is 2.18. The fourth-order valence-electron chi connectivity index (χ4n) is 2.07. The molecule has 1 atom stereocenters. The zero-order chi connectivity index (χ0) is 12.6. The Morgan fingerprint density at radius 1 is 0.889 bits per heavy atom. The maximum Gasteiger partial charge on any atom is 0.0361 e. The molecule has 0 fully saturated rings. The van der Waals surface area contributed by atoms with Crippen LogP contribution in [0.15, 0.2) is 60.7 Å². The van der Waals surface area contributed by atoms with E-state index in [4.69, 9.17) is 11.6 Å². The molecular weight excluding hydrogens is 242 g/mol. The van der Waals surface area contributed by atoms with Gasteiger partial charge in [-0.15, -0.1) is 11.6 Å². The largest absolute Gasteiger partial charge is 0.308 e. The molecule has 0 aliphatic heterocycles. The predicted molar refractivity (Wildman–Crippen MR) is 78.1 cm³/mol.